The molecule has 0 heterocycles. The minimum Gasteiger partial charge on any atom is -0.693 e. The first-order valence-corrected chi connectivity index (χ1v) is 2.94. The molecule has 0 saturated heterocycles. The van der Waals surface area contributed by atoms with E-state index in [0.717, 1.165) is 0 Å². The minimum atomic E-state index is 0. The molecule has 5 heteroatoms. The van der Waals surface area contributed by atoms with E-state index in [-0.39, 0.29) is 17.8 Å². The van der Waals surface area contributed by atoms with Crippen LogP contribution in [-0.2, 0) is 18.8 Å². The van der Waals surface area contributed by atoms with Crippen LogP contribution in [0.15, 0.2) is 0 Å². The van der Waals surface area contributed by atoms with E-state index in [4.69, 9.17) is 0 Å². The molecule has 0 spiro atoms. The summed E-state index contributed by atoms with van der Waals surface area (Å²) in [6.45, 7) is 0. The molecule has 0 aliphatic carbocycles. The topological polar surface area (TPSA) is 98.5 Å². The van der Waals surface area contributed by atoms with Crippen LogP contribution in [0.25, 0.3) is 12.3 Å². The van der Waals surface area contributed by atoms with Crippen LogP contribution < -0.4 is 0 Å². The van der Waals surface area contributed by atoms with E-state index in [1.54, 1.807) is 18.8 Å². The molecule has 0 aromatic heterocycles. The van der Waals surface area contributed by atoms with Gasteiger partial charge < -0.3 is 17.8 Å². The standard InChI is InChI=1S/ClH.2H2N.H2O.Pt/h1H;3*1H2;/q;2*-1;;+2/p-1. The fraction of sp³-hybridized carbons (Fsp3) is 0. The van der Waals surface area contributed by atoms with Crippen LogP contribution in [0.5, 0.6) is 0 Å². The number of rotatable bonds is 0. The molecule has 0 rings (SSSR count). The molecule has 0 radical (unpaired) electrons. The van der Waals surface area contributed by atoms with Crippen molar-refractivity contribution in [1.29, 1.82) is 0 Å². The van der Waals surface area contributed by atoms with Crippen molar-refractivity contribution >= 4 is 9.42 Å². The van der Waals surface area contributed by atoms with Crippen molar-refractivity contribution in [2.24, 2.45) is 0 Å². The Morgan fingerprint density at radius 1 is 1.00 bits per heavy atom. The van der Waals surface area contributed by atoms with E-state index in [1.165, 1.54) is 0 Å². The number of halogens is 1. The van der Waals surface area contributed by atoms with Gasteiger partial charge in [-0.2, -0.15) is 0 Å². The summed E-state index contributed by atoms with van der Waals surface area (Å²) in [5, 5.41) is 0. The van der Waals surface area contributed by atoms with Crippen LogP contribution in [0, 0.1) is 0 Å². The normalized spacial score (nSPS) is 1.40. The first-order valence-electron chi connectivity index (χ1n) is 0.120. The average Bonchev–Trinajstić information content (AvgIpc) is 1.00. The van der Waals surface area contributed by atoms with Crippen molar-refractivity contribution in [2.45, 2.75) is 0 Å². The Labute approximate surface area is 46.4 Å². The van der Waals surface area contributed by atoms with Crippen LogP contribution in [0.2, 0.25) is 0 Å². The minimum absolute atomic E-state index is 0. The van der Waals surface area contributed by atoms with Crippen LogP contribution in [0.1, 0.15) is 0 Å². The predicted molar refractivity (Wildman–Crippen MR) is 20.0 cm³/mol. The molecule has 0 aliphatic heterocycles. The predicted octanol–water partition coefficient (Wildman–Crippen LogP) is 1.30. The van der Waals surface area contributed by atoms with Crippen molar-refractivity contribution in [3.63, 3.8) is 0 Å². The van der Waals surface area contributed by atoms with Crippen molar-refractivity contribution in [3.05, 3.63) is 12.3 Å². The molecule has 0 aromatic carbocycles. The van der Waals surface area contributed by atoms with Gasteiger partial charge in [0.1, 0.15) is 0 Å². The molecular weight excluding hydrogens is 275 g/mol. The molecule has 0 saturated carbocycles. The number of hydrogen-bond acceptors (Lipinski definition) is 0. The molecule has 0 fully saturated rings. The Hall–Kier alpha value is 0.858. The molecular formula is H6ClN2OPt-. The van der Waals surface area contributed by atoms with Gasteiger partial charge in [-0.15, -0.1) is 0 Å². The number of nitrogens with two attached hydrogens (primary N) is 2. The molecule has 3 nitrogen and oxygen atoms in total. The summed E-state index contributed by atoms with van der Waals surface area (Å²) in [5.74, 6) is 0. The van der Waals surface area contributed by atoms with Gasteiger partial charge in [0.05, 0.1) is 0 Å². The quantitative estimate of drug-likeness (QED) is 0.639. The maximum Gasteiger partial charge on any atom is -0.693 e. The zero-order chi connectivity index (χ0) is 2.00. The van der Waals surface area contributed by atoms with Crippen LogP contribution in [0.4, 0.5) is 0 Å². The fourth-order valence-electron chi connectivity index (χ4n) is 0. The Morgan fingerprint density at radius 2 is 1.00 bits per heavy atom. The summed E-state index contributed by atoms with van der Waals surface area (Å²) in [4.78, 5) is 0. The second-order valence-corrected chi connectivity index (χ2v) is 0. The summed E-state index contributed by atoms with van der Waals surface area (Å²) in [7, 11) is 4.61. The molecule has 0 unspecified atom stereocenters. The third kappa shape index (κ3) is 53.9. The van der Waals surface area contributed by atoms with Crippen LogP contribution in [0.3, 0.4) is 0 Å². The van der Waals surface area contributed by atoms with Gasteiger partial charge in [0.15, 0.2) is 0 Å². The Kier molecular flexibility index (Phi) is 786. The van der Waals surface area contributed by atoms with Crippen molar-refractivity contribution < 1.29 is 24.2 Å². The largest absolute Gasteiger partial charge is 0.693 e. The SMILES string of the molecule is O.[Cl][Pt+].[NH2-].[NH2-]. The van der Waals surface area contributed by atoms with E-state index in [2.05, 4.69) is 9.42 Å². The van der Waals surface area contributed by atoms with E-state index >= 15 is 0 Å². The second-order valence-electron chi connectivity index (χ2n) is 0. The summed E-state index contributed by atoms with van der Waals surface area (Å²) in [6.07, 6.45) is 0. The molecule has 0 aromatic rings. The zero-order valence-electron chi connectivity index (χ0n) is 2.35. The maximum absolute atomic E-state index is 4.61. The van der Waals surface area contributed by atoms with Gasteiger partial charge in [0.2, 0.25) is 0 Å². The molecule has 0 atom stereocenters. The third-order valence-electron chi connectivity index (χ3n) is 0. The van der Waals surface area contributed by atoms with Gasteiger partial charge in [-0.05, 0) is 0 Å². The van der Waals surface area contributed by atoms with Gasteiger partial charge in [-0.1, -0.05) is 0 Å². The van der Waals surface area contributed by atoms with Gasteiger partial charge >= 0.3 is 28.2 Å². The summed E-state index contributed by atoms with van der Waals surface area (Å²) in [6, 6.07) is 0. The molecule has 5 heavy (non-hydrogen) atoms. The van der Waals surface area contributed by atoms with Gasteiger partial charge in [0.25, 0.3) is 0 Å². The Balaban J connectivity index is -0.00000000167. The van der Waals surface area contributed by atoms with Crippen molar-refractivity contribution in [3.8, 4) is 0 Å². The van der Waals surface area contributed by atoms with Gasteiger partial charge in [-0.3, -0.25) is 0 Å². The van der Waals surface area contributed by atoms with Gasteiger partial charge in [0, 0.05) is 0 Å². The summed E-state index contributed by atoms with van der Waals surface area (Å²) < 4.78 is 0. The molecule has 6 N–H and O–H groups in total. The Morgan fingerprint density at radius 3 is 1.00 bits per heavy atom. The first-order chi connectivity index (χ1) is 1.00. The van der Waals surface area contributed by atoms with E-state index in [9.17, 15) is 0 Å². The summed E-state index contributed by atoms with van der Waals surface area (Å²) >= 11 is 1.61. The average molecular weight is 281 g/mol. The fourth-order valence-corrected chi connectivity index (χ4v) is 0. The van der Waals surface area contributed by atoms with Crippen LogP contribution in [-0.4, -0.2) is 5.48 Å². The summed E-state index contributed by atoms with van der Waals surface area (Å²) in [5.41, 5.74) is 0. The maximum atomic E-state index is 4.61. The van der Waals surface area contributed by atoms with Gasteiger partial charge in [-0.25, -0.2) is 0 Å². The zero-order valence-corrected chi connectivity index (χ0v) is 5.38. The van der Waals surface area contributed by atoms with E-state index < -0.39 is 0 Å². The van der Waals surface area contributed by atoms with Crippen molar-refractivity contribution in [2.75, 3.05) is 0 Å². The molecule has 40 valence electrons. The second kappa shape index (κ2) is 98.2. The Bertz CT molecular complexity index is 9.61. The monoisotopic (exact) mass is 280 g/mol. The van der Waals surface area contributed by atoms with Crippen LogP contribution >= 0.6 is 9.42 Å². The smallest absolute Gasteiger partial charge is 0.693 e. The molecule has 0 bridgehead atoms. The van der Waals surface area contributed by atoms with E-state index in [0.29, 0.717) is 0 Å². The first kappa shape index (κ1) is 40.0. The molecule has 0 aliphatic rings. The van der Waals surface area contributed by atoms with E-state index in [1.807, 2.05) is 0 Å². The van der Waals surface area contributed by atoms with Crippen molar-refractivity contribution in [1.82, 2.24) is 0 Å². The molecule has 0 amide bonds. The number of hydrogen-bond donors (Lipinski definition) is 0. The third-order valence-corrected chi connectivity index (χ3v) is 0.